The lowest BCUT2D eigenvalue weighted by Crippen LogP contribution is -2.29. The number of ether oxygens (including phenoxy) is 2. The number of carbonyl (C=O) groups is 3. The minimum absolute atomic E-state index is 0.0558. The van der Waals surface area contributed by atoms with Crippen molar-refractivity contribution in [3.63, 3.8) is 0 Å². The summed E-state index contributed by atoms with van der Waals surface area (Å²) in [6.07, 6.45) is 0.824. The van der Waals surface area contributed by atoms with E-state index in [0.29, 0.717) is 22.6 Å². The maximum absolute atomic E-state index is 13.3. The number of Topliss-reactive ketones (excluding diaryl/α,β-unsaturated/α-hetero) is 1. The fraction of sp³-hybridized carbons (Fsp3) is 0.179. The molecule has 7 heteroatoms. The van der Waals surface area contributed by atoms with Gasteiger partial charge in [0.2, 0.25) is 0 Å². The van der Waals surface area contributed by atoms with E-state index in [1.165, 1.54) is 18.9 Å². The Hall–Kier alpha value is -4.39. The molecule has 1 fully saturated rings. The summed E-state index contributed by atoms with van der Waals surface area (Å²) in [7, 11) is 1.53. The molecule has 178 valence electrons. The fourth-order valence-corrected chi connectivity index (χ4v) is 4.12. The van der Waals surface area contributed by atoms with Crippen LogP contribution in [0.15, 0.2) is 78.4 Å². The van der Waals surface area contributed by atoms with Crippen LogP contribution in [-0.2, 0) is 20.8 Å². The van der Waals surface area contributed by atoms with Crippen molar-refractivity contribution in [2.75, 3.05) is 12.0 Å². The number of hydrogen-bond acceptors (Lipinski definition) is 6. The summed E-state index contributed by atoms with van der Waals surface area (Å²) in [5, 5.41) is 11.2. The molecular formula is C28H25NO6. The standard InChI is InChI=1S/C28H25NO6/c1-4-18-8-12-21(13-9-18)29-25(20-6-5-7-23(16-20)35-17(2)30)24(27(32)28(29)33)26(31)19-10-14-22(34-3)15-11-19/h5-16,25,31H,4H2,1-3H3/b26-24-. The Morgan fingerprint density at radius 1 is 0.971 bits per heavy atom. The second kappa shape index (κ2) is 9.85. The summed E-state index contributed by atoms with van der Waals surface area (Å²) in [5.41, 5.74) is 2.42. The zero-order valence-corrected chi connectivity index (χ0v) is 19.6. The van der Waals surface area contributed by atoms with Gasteiger partial charge in [-0.1, -0.05) is 31.2 Å². The molecule has 4 rings (SSSR count). The first-order valence-corrected chi connectivity index (χ1v) is 11.2. The molecule has 7 nitrogen and oxygen atoms in total. The van der Waals surface area contributed by atoms with Crippen molar-refractivity contribution in [2.45, 2.75) is 26.3 Å². The maximum Gasteiger partial charge on any atom is 0.308 e. The van der Waals surface area contributed by atoms with Crippen LogP contribution in [0.3, 0.4) is 0 Å². The van der Waals surface area contributed by atoms with Crippen LogP contribution in [0.1, 0.15) is 36.6 Å². The molecule has 0 spiro atoms. The maximum atomic E-state index is 13.3. The summed E-state index contributed by atoms with van der Waals surface area (Å²) in [6.45, 7) is 3.31. The second-order valence-corrected chi connectivity index (χ2v) is 8.08. The number of benzene rings is 3. The third-order valence-electron chi connectivity index (χ3n) is 5.87. The monoisotopic (exact) mass is 471 g/mol. The van der Waals surface area contributed by atoms with Gasteiger partial charge < -0.3 is 14.6 Å². The van der Waals surface area contributed by atoms with Crippen molar-refractivity contribution in [3.8, 4) is 11.5 Å². The van der Waals surface area contributed by atoms with Gasteiger partial charge in [0.15, 0.2) is 0 Å². The van der Waals surface area contributed by atoms with Gasteiger partial charge in [0.25, 0.3) is 11.7 Å². The molecule has 1 aliphatic rings. The zero-order valence-electron chi connectivity index (χ0n) is 19.6. The van der Waals surface area contributed by atoms with Crippen molar-refractivity contribution < 1.29 is 29.0 Å². The van der Waals surface area contributed by atoms with E-state index in [2.05, 4.69) is 0 Å². The lowest BCUT2D eigenvalue weighted by molar-refractivity contribution is -0.132. The molecule has 3 aromatic carbocycles. The normalized spacial score (nSPS) is 16.9. The lowest BCUT2D eigenvalue weighted by Gasteiger charge is -2.26. The van der Waals surface area contributed by atoms with Gasteiger partial charge in [0.05, 0.1) is 18.7 Å². The molecule has 1 amide bonds. The Balaban J connectivity index is 1.90. The fourth-order valence-electron chi connectivity index (χ4n) is 4.12. The van der Waals surface area contributed by atoms with Crippen LogP contribution >= 0.6 is 0 Å². The number of hydrogen-bond donors (Lipinski definition) is 1. The number of carbonyl (C=O) groups excluding carboxylic acids is 3. The van der Waals surface area contributed by atoms with Crippen molar-refractivity contribution in [1.29, 1.82) is 0 Å². The number of anilines is 1. The number of amides is 1. The number of aliphatic hydroxyl groups is 1. The summed E-state index contributed by atoms with van der Waals surface area (Å²) in [5.74, 6) is -1.51. The summed E-state index contributed by atoms with van der Waals surface area (Å²) in [6, 6.07) is 19.5. The molecule has 1 unspecified atom stereocenters. The molecule has 0 aliphatic carbocycles. The van der Waals surface area contributed by atoms with E-state index in [9.17, 15) is 19.5 Å². The zero-order chi connectivity index (χ0) is 25.1. The first-order chi connectivity index (χ1) is 16.8. The Morgan fingerprint density at radius 3 is 2.26 bits per heavy atom. The predicted octanol–water partition coefficient (Wildman–Crippen LogP) is 4.81. The van der Waals surface area contributed by atoms with Gasteiger partial charge in [0, 0.05) is 18.2 Å². The highest BCUT2D eigenvalue weighted by molar-refractivity contribution is 6.51. The van der Waals surface area contributed by atoms with Crippen molar-refractivity contribution in [3.05, 3.63) is 95.1 Å². The van der Waals surface area contributed by atoms with Crippen LogP contribution in [0.2, 0.25) is 0 Å². The van der Waals surface area contributed by atoms with E-state index in [1.807, 2.05) is 19.1 Å². The van der Waals surface area contributed by atoms with Crippen LogP contribution in [-0.4, -0.2) is 29.9 Å². The first-order valence-electron chi connectivity index (χ1n) is 11.2. The highest BCUT2D eigenvalue weighted by Crippen LogP contribution is 2.43. The van der Waals surface area contributed by atoms with E-state index in [-0.39, 0.29) is 17.1 Å². The van der Waals surface area contributed by atoms with E-state index in [4.69, 9.17) is 9.47 Å². The number of aryl methyl sites for hydroxylation is 1. The molecule has 1 N–H and O–H groups in total. The SMILES string of the molecule is CCc1ccc(N2C(=O)C(=O)/C(=C(\O)c3ccc(OC)cc3)C2c2cccc(OC(C)=O)c2)cc1. The Morgan fingerprint density at radius 2 is 1.66 bits per heavy atom. The summed E-state index contributed by atoms with van der Waals surface area (Å²) < 4.78 is 10.4. The third-order valence-corrected chi connectivity index (χ3v) is 5.87. The van der Waals surface area contributed by atoms with E-state index in [0.717, 1.165) is 12.0 Å². The van der Waals surface area contributed by atoms with Gasteiger partial charge in [-0.3, -0.25) is 19.3 Å². The highest BCUT2D eigenvalue weighted by atomic mass is 16.5. The molecule has 1 saturated heterocycles. The molecule has 0 bridgehead atoms. The minimum atomic E-state index is -0.930. The van der Waals surface area contributed by atoms with Gasteiger partial charge in [-0.25, -0.2) is 0 Å². The Labute approximate surface area is 203 Å². The summed E-state index contributed by atoms with van der Waals surface area (Å²) >= 11 is 0. The van der Waals surface area contributed by atoms with Gasteiger partial charge in [-0.2, -0.15) is 0 Å². The number of esters is 1. The van der Waals surface area contributed by atoms with Crippen LogP contribution in [0.4, 0.5) is 5.69 Å². The third kappa shape index (κ3) is 4.66. The van der Waals surface area contributed by atoms with E-state index >= 15 is 0 Å². The largest absolute Gasteiger partial charge is 0.507 e. The van der Waals surface area contributed by atoms with Crippen molar-refractivity contribution in [2.24, 2.45) is 0 Å². The number of ketones is 1. The lowest BCUT2D eigenvalue weighted by atomic mass is 9.95. The van der Waals surface area contributed by atoms with E-state index < -0.39 is 23.7 Å². The van der Waals surface area contributed by atoms with Gasteiger partial charge in [0.1, 0.15) is 17.3 Å². The second-order valence-electron chi connectivity index (χ2n) is 8.08. The number of aliphatic hydroxyl groups excluding tert-OH is 1. The van der Waals surface area contributed by atoms with E-state index in [1.54, 1.807) is 60.7 Å². The molecule has 1 aliphatic heterocycles. The summed E-state index contributed by atoms with van der Waals surface area (Å²) in [4.78, 5) is 39.4. The smallest absolute Gasteiger partial charge is 0.308 e. The van der Waals surface area contributed by atoms with Crippen LogP contribution in [0.5, 0.6) is 11.5 Å². The van der Waals surface area contributed by atoms with Crippen LogP contribution < -0.4 is 14.4 Å². The molecule has 0 radical (unpaired) electrons. The predicted molar refractivity (Wildman–Crippen MR) is 131 cm³/mol. The Kier molecular flexibility index (Phi) is 6.68. The molecule has 0 aromatic heterocycles. The van der Waals surface area contributed by atoms with Gasteiger partial charge in [-0.15, -0.1) is 0 Å². The van der Waals surface area contributed by atoms with Crippen molar-refractivity contribution in [1.82, 2.24) is 0 Å². The first kappa shape index (κ1) is 23.8. The molecule has 35 heavy (non-hydrogen) atoms. The topological polar surface area (TPSA) is 93.1 Å². The minimum Gasteiger partial charge on any atom is -0.507 e. The average Bonchev–Trinajstić information content (AvgIpc) is 3.13. The molecule has 1 atom stereocenters. The Bertz CT molecular complexity index is 1310. The van der Waals surface area contributed by atoms with Crippen LogP contribution in [0, 0.1) is 0 Å². The highest BCUT2D eigenvalue weighted by Gasteiger charge is 2.47. The van der Waals surface area contributed by atoms with Crippen LogP contribution in [0.25, 0.3) is 5.76 Å². The molecule has 3 aromatic rings. The number of methoxy groups -OCH3 is 1. The molecule has 0 saturated carbocycles. The average molecular weight is 472 g/mol. The number of rotatable bonds is 6. The van der Waals surface area contributed by atoms with Crippen molar-refractivity contribution >= 4 is 29.1 Å². The quantitative estimate of drug-likeness (QED) is 0.182. The molecular weight excluding hydrogens is 446 g/mol. The molecule has 1 heterocycles. The van der Waals surface area contributed by atoms with Gasteiger partial charge >= 0.3 is 5.97 Å². The number of nitrogens with zero attached hydrogens (tertiary/aromatic N) is 1. The van der Waals surface area contributed by atoms with Gasteiger partial charge in [-0.05, 0) is 66.1 Å².